The number of imidazole rings is 1. The summed E-state index contributed by atoms with van der Waals surface area (Å²) in [7, 11) is -3.56. The molecule has 3 heterocycles. The average molecular weight is 486 g/mol. The van der Waals surface area contributed by atoms with Gasteiger partial charge in [-0.1, -0.05) is 18.6 Å². The maximum atomic E-state index is 13.1. The normalized spacial score (nSPS) is 18.7. The van der Waals surface area contributed by atoms with Crippen molar-refractivity contribution >= 4 is 27.0 Å². The number of hydrogen-bond donors (Lipinski definition) is 0. The third-order valence-electron chi connectivity index (χ3n) is 6.18. The van der Waals surface area contributed by atoms with Crippen molar-refractivity contribution in [3.05, 3.63) is 48.3 Å². The number of fused-ring (bicyclic) bond motifs is 2. The SMILES string of the molecule is CCn1c(COC(=O)C2COc3ccccc3O2)nc2cc(S(=O)(=O)N3CCCCC3)ccc21. The first-order chi connectivity index (χ1) is 16.5. The molecule has 0 radical (unpaired) electrons. The second-order valence-corrected chi connectivity index (χ2v) is 10.3. The first-order valence-electron chi connectivity index (χ1n) is 11.5. The van der Waals surface area contributed by atoms with Crippen molar-refractivity contribution in [2.75, 3.05) is 19.7 Å². The monoisotopic (exact) mass is 485 g/mol. The van der Waals surface area contributed by atoms with E-state index in [0.29, 0.717) is 42.5 Å². The molecule has 0 N–H and O–H groups in total. The number of piperidine rings is 1. The maximum absolute atomic E-state index is 13.1. The lowest BCUT2D eigenvalue weighted by Crippen LogP contribution is -2.37. The van der Waals surface area contributed by atoms with Gasteiger partial charge in [0, 0.05) is 19.6 Å². The topological polar surface area (TPSA) is 100.0 Å². The van der Waals surface area contributed by atoms with Crippen LogP contribution in [0.25, 0.3) is 11.0 Å². The summed E-state index contributed by atoms with van der Waals surface area (Å²) < 4.78 is 46.4. The average Bonchev–Trinajstić information content (AvgIpc) is 3.24. The molecular formula is C24H27N3O6S. The van der Waals surface area contributed by atoms with Crippen LogP contribution in [-0.2, 0) is 32.7 Å². The van der Waals surface area contributed by atoms with E-state index in [2.05, 4.69) is 4.98 Å². The minimum absolute atomic E-state index is 0.0585. The van der Waals surface area contributed by atoms with Gasteiger partial charge >= 0.3 is 5.97 Å². The molecule has 1 saturated heterocycles. The van der Waals surface area contributed by atoms with E-state index in [9.17, 15) is 13.2 Å². The quantitative estimate of drug-likeness (QED) is 0.495. The summed E-state index contributed by atoms with van der Waals surface area (Å²) in [6, 6.07) is 12.1. The van der Waals surface area contributed by atoms with Gasteiger partial charge in [0.25, 0.3) is 0 Å². The molecule has 2 aliphatic heterocycles. The minimum atomic E-state index is -3.56. The molecule has 34 heavy (non-hydrogen) atoms. The van der Waals surface area contributed by atoms with Crippen molar-refractivity contribution in [2.24, 2.45) is 0 Å². The molecule has 1 fully saturated rings. The molecule has 0 saturated carbocycles. The van der Waals surface area contributed by atoms with Gasteiger partial charge in [0.05, 0.1) is 15.9 Å². The van der Waals surface area contributed by atoms with Gasteiger partial charge in [0.2, 0.25) is 16.1 Å². The summed E-state index contributed by atoms with van der Waals surface area (Å²) in [6.07, 6.45) is 1.94. The van der Waals surface area contributed by atoms with Crippen LogP contribution in [-0.4, -0.2) is 54.0 Å². The molecule has 0 amide bonds. The highest BCUT2D eigenvalue weighted by atomic mass is 32.2. The Kier molecular flexibility index (Phi) is 6.18. The highest BCUT2D eigenvalue weighted by Crippen LogP contribution is 2.31. The lowest BCUT2D eigenvalue weighted by atomic mass is 10.2. The largest absolute Gasteiger partial charge is 0.485 e. The summed E-state index contributed by atoms with van der Waals surface area (Å²) in [5.74, 6) is 1.08. The summed E-state index contributed by atoms with van der Waals surface area (Å²) >= 11 is 0. The Bertz CT molecular complexity index is 1310. The number of ether oxygens (including phenoxy) is 3. The Labute approximate surface area is 198 Å². The Morgan fingerprint density at radius 1 is 1.12 bits per heavy atom. The number of benzene rings is 2. The highest BCUT2D eigenvalue weighted by molar-refractivity contribution is 7.89. The second-order valence-electron chi connectivity index (χ2n) is 8.36. The van der Waals surface area contributed by atoms with Crippen molar-refractivity contribution in [2.45, 2.75) is 50.3 Å². The summed E-state index contributed by atoms with van der Waals surface area (Å²) in [4.78, 5) is 17.4. The van der Waals surface area contributed by atoms with Crippen LogP contribution in [0.5, 0.6) is 11.5 Å². The molecule has 180 valence electrons. The van der Waals surface area contributed by atoms with E-state index in [0.717, 1.165) is 24.8 Å². The fraction of sp³-hybridized carbons (Fsp3) is 0.417. The molecule has 2 aromatic carbocycles. The van der Waals surface area contributed by atoms with Gasteiger partial charge in [-0.2, -0.15) is 4.31 Å². The van der Waals surface area contributed by atoms with E-state index in [1.165, 1.54) is 0 Å². The highest BCUT2D eigenvalue weighted by Gasteiger charge is 2.30. The molecule has 10 heteroatoms. The molecular weight excluding hydrogens is 458 g/mol. The minimum Gasteiger partial charge on any atom is -0.485 e. The fourth-order valence-corrected chi connectivity index (χ4v) is 5.94. The Morgan fingerprint density at radius 2 is 1.88 bits per heavy atom. The number of hydrogen-bond acceptors (Lipinski definition) is 7. The molecule has 9 nitrogen and oxygen atoms in total. The zero-order valence-electron chi connectivity index (χ0n) is 19.0. The van der Waals surface area contributed by atoms with Crippen LogP contribution < -0.4 is 9.47 Å². The van der Waals surface area contributed by atoms with Crippen LogP contribution >= 0.6 is 0 Å². The Hall–Kier alpha value is -3.11. The van der Waals surface area contributed by atoms with E-state index in [4.69, 9.17) is 14.2 Å². The number of rotatable bonds is 6. The lowest BCUT2D eigenvalue weighted by molar-refractivity contribution is -0.156. The van der Waals surface area contributed by atoms with Gasteiger partial charge in [0.15, 0.2) is 11.5 Å². The van der Waals surface area contributed by atoms with Gasteiger partial charge in [-0.15, -0.1) is 0 Å². The van der Waals surface area contributed by atoms with Crippen LogP contribution in [0.3, 0.4) is 0 Å². The zero-order valence-corrected chi connectivity index (χ0v) is 19.8. The molecule has 1 aromatic heterocycles. The van der Waals surface area contributed by atoms with E-state index in [1.54, 1.807) is 40.7 Å². The fourth-order valence-electron chi connectivity index (χ4n) is 4.40. The van der Waals surface area contributed by atoms with Crippen molar-refractivity contribution in [1.29, 1.82) is 0 Å². The number of aryl methyl sites for hydroxylation is 1. The smallest absolute Gasteiger partial charge is 0.351 e. The first-order valence-corrected chi connectivity index (χ1v) is 13.0. The standard InChI is InChI=1S/C24H27N3O6S/c1-2-27-19-11-10-17(34(29,30)26-12-6-3-7-13-26)14-18(19)25-23(27)16-32-24(28)22-15-31-20-8-4-5-9-21(20)33-22/h4-5,8-11,14,22H,2-3,6-7,12-13,15-16H2,1H3. The predicted molar refractivity (Wildman–Crippen MR) is 124 cm³/mol. The van der Waals surface area contributed by atoms with Crippen molar-refractivity contribution in [3.63, 3.8) is 0 Å². The summed E-state index contributed by atoms with van der Waals surface area (Å²) in [5.41, 5.74) is 1.34. The summed E-state index contributed by atoms with van der Waals surface area (Å²) in [6.45, 7) is 3.65. The number of carbonyl (C=O) groups is 1. The molecule has 1 unspecified atom stereocenters. The number of carbonyl (C=O) groups excluding carboxylic acids is 1. The van der Waals surface area contributed by atoms with Crippen LogP contribution in [0, 0.1) is 0 Å². The maximum Gasteiger partial charge on any atom is 0.351 e. The van der Waals surface area contributed by atoms with E-state index in [1.807, 2.05) is 17.6 Å². The molecule has 0 bridgehead atoms. The molecule has 0 aliphatic carbocycles. The number of sulfonamides is 1. The zero-order chi connectivity index (χ0) is 23.7. The van der Waals surface area contributed by atoms with Gasteiger partial charge < -0.3 is 18.8 Å². The van der Waals surface area contributed by atoms with Crippen molar-refractivity contribution in [1.82, 2.24) is 13.9 Å². The van der Waals surface area contributed by atoms with Gasteiger partial charge in [-0.3, -0.25) is 0 Å². The third kappa shape index (κ3) is 4.23. The van der Waals surface area contributed by atoms with Crippen molar-refractivity contribution in [3.8, 4) is 11.5 Å². The van der Waals surface area contributed by atoms with Gasteiger partial charge in [-0.25, -0.2) is 18.2 Å². The van der Waals surface area contributed by atoms with Crippen LogP contribution in [0.1, 0.15) is 32.0 Å². The van der Waals surface area contributed by atoms with Crippen molar-refractivity contribution < 1.29 is 27.4 Å². The van der Waals surface area contributed by atoms with E-state index in [-0.39, 0.29) is 18.1 Å². The van der Waals surface area contributed by atoms with Gasteiger partial charge in [-0.05, 0) is 50.1 Å². The lowest BCUT2D eigenvalue weighted by Gasteiger charge is -2.25. The molecule has 0 spiro atoms. The number of nitrogens with zero attached hydrogens (tertiary/aromatic N) is 3. The summed E-state index contributed by atoms with van der Waals surface area (Å²) in [5, 5.41) is 0. The van der Waals surface area contributed by atoms with E-state index < -0.39 is 22.1 Å². The van der Waals surface area contributed by atoms with Crippen LogP contribution in [0.15, 0.2) is 47.4 Å². The van der Waals surface area contributed by atoms with Gasteiger partial charge in [0.1, 0.15) is 19.0 Å². The molecule has 2 aliphatic rings. The van der Waals surface area contributed by atoms with Crippen LogP contribution in [0.4, 0.5) is 0 Å². The van der Waals surface area contributed by atoms with E-state index >= 15 is 0 Å². The number of esters is 1. The predicted octanol–water partition coefficient (Wildman–Crippen LogP) is 3.11. The Balaban J connectivity index is 1.33. The molecule has 5 rings (SSSR count). The second kappa shape index (κ2) is 9.27. The number of aromatic nitrogens is 2. The van der Waals surface area contributed by atoms with Crippen LogP contribution in [0.2, 0.25) is 0 Å². The third-order valence-corrected chi connectivity index (χ3v) is 8.08. The Morgan fingerprint density at radius 3 is 2.65 bits per heavy atom. The molecule has 3 aromatic rings. The number of para-hydroxylation sites is 2. The first kappa shape index (κ1) is 22.7. The molecule has 1 atom stereocenters.